The quantitative estimate of drug-likeness (QED) is 0.841. The first-order valence-corrected chi connectivity index (χ1v) is 7.29. The summed E-state index contributed by atoms with van der Waals surface area (Å²) in [7, 11) is 0. The smallest absolute Gasteiger partial charge is 0.287 e. The molecule has 0 saturated carbocycles. The fraction of sp³-hybridized carbons (Fsp3) is 0.500. The Bertz CT molecular complexity index is 475. The third-order valence-electron chi connectivity index (χ3n) is 2.98. The molecule has 1 fully saturated rings. The minimum Gasteiger partial charge on any atom is -0.287 e. The Balaban J connectivity index is 2.02. The summed E-state index contributed by atoms with van der Waals surface area (Å²) in [4.78, 5) is 15.4. The Kier molecular flexibility index (Phi) is 4.87. The molecule has 4 nitrogen and oxygen atoms in total. The Labute approximate surface area is 118 Å². The lowest BCUT2D eigenvalue weighted by atomic mass is 10.1. The summed E-state index contributed by atoms with van der Waals surface area (Å²) in [6.07, 6.45) is -0.868. The van der Waals surface area contributed by atoms with E-state index in [4.69, 9.17) is 0 Å². The van der Waals surface area contributed by atoms with E-state index in [9.17, 15) is 18.0 Å². The molecule has 0 radical (unpaired) electrons. The highest BCUT2D eigenvalue weighted by molar-refractivity contribution is 7.99. The number of hydrogen-bond donors (Lipinski definition) is 2. The highest BCUT2D eigenvalue weighted by Gasteiger charge is 2.35. The van der Waals surface area contributed by atoms with Gasteiger partial charge in [-0.15, -0.1) is 0 Å². The summed E-state index contributed by atoms with van der Waals surface area (Å²) in [6, 6.07) is 0.901. The van der Waals surface area contributed by atoms with Gasteiger partial charge in [-0.3, -0.25) is 15.2 Å². The maximum atomic E-state index is 12.8. The number of alkyl halides is 3. The average molecular weight is 305 g/mol. The van der Waals surface area contributed by atoms with Gasteiger partial charge in [-0.05, 0) is 30.4 Å². The predicted octanol–water partition coefficient (Wildman–Crippen LogP) is 2.23. The van der Waals surface area contributed by atoms with Crippen LogP contribution in [-0.4, -0.2) is 28.4 Å². The van der Waals surface area contributed by atoms with Crippen LogP contribution in [0.4, 0.5) is 13.2 Å². The van der Waals surface area contributed by atoms with Crippen molar-refractivity contribution in [3.8, 4) is 0 Å². The number of thioether (sulfide) groups is 1. The summed E-state index contributed by atoms with van der Waals surface area (Å²) in [6.45, 7) is 0. The monoisotopic (exact) mass is 305 g/mol. The molecule has 0 aromatic carbocycles. The first-order valence-electron chi connectivity index (χ1n) is 6.13. The molecule has 0 atom stereocenters. The van der Waals surface area contributed by atoms with Crippen LogP contribution in [0.1, 0.15) is 28.8 Å². The Morgan fingerprint density at radius 2 is 2.05 bits per heavy atom. The van der Waals surface area contributed by atoms with Gasteiger partial charge in [-0.25, -0.2) is 5.43 Å². The second-order valence-corrected chi connectivity index (χ2v) is 5.63. The molecule has 0 unspecified atom stereocenters. The minimum absolute atomic E-state index is 0.103. The van der Waals surface area contributed by atoms with Gasteiger partial charge < -0.3 is 0 Å². The van der Waals surface area contributed by atoms with Gasteiger partial charge in [0.15, 0.2) is 0 Å². The molecular weight excluding hydrogens is 291 g/mol. The molecule has 1 aromatic rings. The third-order valence-corrected chi connectivity index (χ3v) is 4.03. The Hall–Kier alpha value is -1.28. The van der Waals surface area contributed by atoms with Crippen LogP contribution in [0, 0.1) is 0 Å². The summed E-state index contributed by atoms with van der Waals surface area (Å²) in [5, 5.41) is 0. The van der Waals surface area contributed by atoms with Crippen LogP contribution in [0.15, 0.2) is 18.5 Å². The number of nitrogens with zero attached hydrogens (tertiary/aromatic N) is 1. The van der Waals surface area contributed by atoms with Crippen molar-refractivity contribution in [2.75, 3.05) is 11.5 Å². The standard InChI is InChI=1S/C12H14F3N3OS/c13-12(14,15)10-1-4-16-7-9(10)11(19)18-17-8-2-5-20-6-3-8/h1,4,7-8,17H,2-3,5-6H2,(H,18,19). The number of carbonyl (C=O) groups is 1. The second kappa shape index (κ2) is 6.45. The molecule has 1 aliphatic rings. The van der Waals surface area contributed by atoms with Crippen molar-refractivity contribution in [1.82, 2.24) is 15.8 Å². The normalized spacial score (nSPS) is 16.9. The molecule has 0 bridgehead atoms. The van der Waals surface area contributed by atoms with E-state index in [1.807, 2.05) is 11.8 Å². The number of pyridine rings is 1. The van der Waals surface area contributed by atoms with E-state index >= 15 is 0 Å². The topological polar surface area (TPSA) is 54.0 Å². The van der Waals surface area contributed by atoms with E-state index in [1.165, 1.54) is 0 Å². The zero-order valence-corrected chi connectivity index (χ0v) is 11.4. The van der Waals surface area contributed by atoms with E-state index in [-0.39, 0.29) is 6.04 Å². The minimum atomic E-state index is -4.57. The second-order valence-electron chi connectivity index (χ2n) is 4.40. The molecule has 20 heavy (non-hydrogen) atoms. The molecule has 8 heteroatoms. The molecule has 1 saturated heterocycles. The van der Waals surface area contributed by atoms with Crippen LogP contribution in [0.25, 0.3) is 0 Å². The number of amides is 1. The largest absolute Gasteiger partial charge is 0.417 e. The maximum absolute atomic E-state index is 12.8. The van der Waals surface area contributed by atoms with Crippen LogP contribution < -0.4 is 10.9 Å². The zero-order chi connectivity index (χ0) is 14.6. The van der Waals surface area contributed by atoms with Gasteiger partial charge in [0.25, 0.3) is 5.91 Å². The van der Waals surface area contributed by atoms with Gasteiger partial charge in [0.05, 0.1) is 11.1 Å². The summed E-state index contributed by atoms with van der Waals surface area (Å²) < 4.78 is 38.3. The van der Waals surface area contributed by atoms with Crippen molar-refractivity contribution >= 4 is 17.7 Å². The lowest BCUT2D eigenvalue weighted by molar-refractivity contribution is -0.138. The highest BCUT2D eigenvalue weighted by atomic mass is 32.2. The molecular formula is C12H14F3N3OS. The van der Waals surface area contributed by atoms with Crippen LogP contribution in [0.3, 0.4) is 0 Å². The van der Waals surface area contributed by atoms with Gasteiger partial charge >= 0.3 is 6.18 Å². The van der Waals surface area contributed by atoms with E-state index < -0.39 is 23.2 Å². The third kappa shape index (κ3) is 3.86. The van der Waals surface area contributed by atoms with Crippen LogP contribution in [0.5, 0.6) is 0 Å². The summed E-state index contributed by atoms with van der Waals surface area (Å²) in [5.74, 6) is 1.14. The number of aromatic nitrogens is 1. The number of nitrogens with one attached hydrogen (secondary N) is 2. The lowest BCUT2D eigenvalue weighted by Crippen LogP contribution is -2.46. The number of rotatable bonds is 3. The molecule has 1 amide bonds. The predicted molar refractivity (Wildman–Crippen MR) is 70.2 cm³/mol. The van der Waals surface area contributed by atoms with Gasteiger partial charge in [-0.1, -0.05) is 0 Å². The maximum Gasteiger partial charge on any atom is 0.417 e. The summed E-state index contributed by atoms with van der Waals surface area (Å²) in [5.41, 5.74) is 3.68. The van der Waals surface area contributed by atoms with Crippen molar-refractivity contribution in [1.29, 1.82) is 0 Å². The van der Waals surface area contributed by atoms with E-state index in [0.717, 1.165) is 42.8 Å². The van der Waals surface area contributed by atoms with Crippen LogP contribution in [-0.2, 0) is 6.18 Å². The van der Waals surface area contributed by atoms with Crippen molar-refractivity contribution in [3.05, 3.63) is 29.6 Å². The van der Waals surface area contributed by atoms with Gasteiger partial charge in [0.2, 0.25) is 0 Å². The zero-order valence-electron chi connectivity index (χ0n) is 10.5. The fourth-order valence-electron chi connectivity index (χ4n) is 1.90. The van der Waals surface area contributed by atoms with E-state index in [2.05, 4.69) is 15.8 Å². The van der Waals surface area contributed by atoms with Crippen molar-refractivity contribution in [3.63, 3.8) is 0 Å². The van der Waals surface area contributed by atoms with Crippen molar-refractivity contribution in [2.45, 2.75) is 25.1 Å². The number of halogens is 3. The van der Waals surface area contributed by atoms with E-state index in [1.54, 1.807) is 0 Å². The van der Waals surface area contributed by atoms with Crippen LogP contribution >= 0.6 is 11.8 Å². The van der Waals surface area contributed by atoms with Crippen molar-refractivity contribution in [2.24, 2.45) is 0 Å². The molecule has 110 valence electrons. The van der Waals surface area contributed by atoms with Crippen LogP contribution in [0.2, 0.25) is 0 Å². The molecule has 1 aliphatic heterocycles. The molecule has 2 N–H and O–H groups in total. The molecule has 2 rings (SSSR count). The molecule has 2 heterocycles. The molecule has 0 aliphatic carbocycles. The van der Waals surface area contributed by atoms with Gasteiger partial charge in [-0.2, -0.15) is 24.9 Å². The highest BCUT2D eigenvalue weighted by Crippen LogP contribution is 2.31. The fourth-order valence-corrected chi connectivity index (χ4v) is 3.01. The number of carbonyl (C=O) groups excluding carboxylic acids is 1. The van der Waals surface area contributed by atoms with Crippen molar-refractivity contribution < 1.29 is 18.0 Å². The lowest BCUT2D eigenvalue weighted by Gasteiger charge is -2.23. The average Bonchev–Trinajstić information content (AvgIpc) is 2.45. The first-order chi connectivity index (χ1) is 9.48. The summed E-state index contributed by atoms with van der Waals surface area (Å²) >= 11 is 1.82. The van der Waals surface area contributed by atoms with E-state index in [0.29, 0.717) is 0 Å². The van der Waals surface area contributed by atoms with Gasteiger partial charge in [0, 0.05) is 18.4 Å². The van der Waals surface area contributed by atoms with Gasteiger partial charge in [0.1, 0.15) is 0 Å². The Morgan fingerprint density at radius 1 is 1.35 bits per heavy atom. The molecule has 1 aromatic heterocycles. The first kappa shape index (κ1) is 15.1. The SMILES string of the molecule is O=C(NNC1CCSCC1)c1cnccc1C(F)(F)F. The molecule has 0 spiro atoms. The number of hydrazine groups is 1. The Morgan fingerprint density at radius 3 is 2.70 bits per heavy atom. The number of hydrogen-bond acceptors (Lipinski definition) is 4.